The van der Waals surface area contributed by atoms with Gasteiger partial charge in [-0.2, -0.15) is 0 Å². The van der Waals surface area contributed by atoms with Gasteiger partial charge in [-0.25, -0.2) is 13.9 Å². The van der Waals surface area contributed by atoms with Crippen LogP contribution in [0.1, 0.15) is 46.0 Å². The van der Waals surface area contributed by atoms with E-state index >= 15 is 0 Å². The number of hydrogen-bond donors (Lipinski definition) is 2. The molecule has 0 fully saturated rings. The summed E-state index contributed by atoms with van der Waals surface area (Å²) in [6.45, 7) is 7.82. The summed E-state index contributed by atoms with van der Waals surface area (Å²) in [6.07, 6.45) is 11.9. The number of carbonyl (C=O) groups excluding carboxylic acids is 1. The van der Waals surface area contributed by atoms with Gasteiger partial charge in [-0.1, -0.05) is 26.7 Å². The fourth-order valence-corrected chi connectivity index (χ4v) is 1.95. The van der Waals surface area contributed by atoms with E-state index in [1.807, 2.05) is 0 Å². The first kappa shape index (κ1) is 16.5. The number of unbranched alkanes of at least 4 members (excludes halogenated alkanes) is 2. The SMILES string of the molecule is CCCCNC(=O)NCCC[n+]1ccn(CCCC)c1. The average molecular weight is 281 g/mol. The third-order valence-electron chi connectivity index (χ3n) is 3.21. The zero-order valence-electron chi connectivity index (χ0n) is 12.9. The molecule has 1 aromatic heterocycles. The van der Waals surface area contributed by atoms with Gasteiger partial charge >= 0.3 is 6.03 Å². The molecule has 0 unspecified atom stereocenters. The summed E-state index contributed by atoms with van der Waals surface area (Å²) < 4.78 is 4.39. The number of nitrogens with one attached hydrogen (secondary N) is 2. The predicted octanol–water partition coefficient (Wildman–Crippen LogP) is 2.07. The van der Waals surface area contributed by atoms with Crippen molar-refractivity contribution in [2.75, 3.05) is 13.1 Å². The lowest BCUT2D eigenvalue weighted by atomic mass is 10.3. The highest BCUT2D eigenvalue weighted by atomic mass is 16.2. The van der Waals surface area contributed by atoms with Crippen molar-refractivity contribution in [3.8, 4) is 0 Å². The monoisotopic (exact) mass is 281 g/mol. The third-order valence-corrected chi connectivity index (χ3v) is 3.21. The fraction of sp³-hybridized carbons (Fsp3) is 0.733. The van der Waals surface area contributed by atoms with Crippen molar-refractivity contribution in [3.05, 3.63) is 18.7 Å². The summed E-state index contributed by atoms with van der Waals surface area (Å²) in [5.74, 6) is 0. The van der Waals surface area contributed by atoms with E-state index in [0.717, 1.165) is 38.9 Å². The number of rotatable bonds is 10. The van der Waals surface area contributed by atoms with Crippen LogP contribution in [-0.2, 0) is 13.1 Å². The first-order chi connectivity index (χ1) is 9.76. The van der Waals surface area contributed by atoms with Gasteiger partial charge in [0.2, 0.25) is 6.33 Å². The number of imidazole rings is 1. The second kappa shape index (κ2) is 10.3. The molecule has 5 nitrogen and oxygen atoms in total. The summed E-state index contributed by atoms with van der Waals surface area (Å²) in [5.41, 5.74) is 0. The molecule has 1 heterocycles. The van der Waals surface area contributed by atoms with Crippen molar-refractivity contribution in [1.29, 1.82) is 0 Å². The average Bonchev–Trinajstić information content (AvgIpc) is 2.89. The van der Waals surface area contributed by atoms with Gasteiger partial charge in [0, 0.05) is 19.5 Å². The molecule has 2 amide bonds. The molecular weight excluding hydrogens is 252 g/mol. The van der Waals surface area contributed by atoms with Gasteiger partial charge in [-0.3, -0.25) is 0 Å². The first-order valence-corrected chi connectivity index (χ1v) is 7.82. The minimum absolute atomic E-state index is 0.0519. The summed E-state index contributed by atoms with van der Waals surface area (Å²) in [4.78, 5) is 11.4. The molecule has 0 radical (unpaired) electrons. The molecule has 0 spiro atoms. The van der Waals surface area contributed by atoms with Crippen LogP contribution in [0.4, 0.5) is 4.79 Å². The van der Waals surface area contributed by atoms with E-state index in [4.69, 9.17) is 0 Å². The second-order valence-corrected chi connectivity index (χ2v) is 5.13. The smallest absolute Gasteiger partial charge is 0.314 e. The van der Waals surface area contributed by atoms with Crippen LogP contribution in [0.25, 0.3) is 0 Å². The van der Waals surface area contributed by atoms with Crippen LogP contribution < -0.4 is 15.2 Å². The molecule has 5 heteroatoms. The zero-order valence-corrected chi connectivity index (χ0v) is 12.9. The Morgan fingerprint density at radius 2 is 1.80 bits per heavy atom. The highest BCUT2D eigenvalue weighted by Gasteiger charge is 2.03. The normalized spacial score (nSPS) is 10.5. The van der Waals surface area contributed by atoms with Crippen LogP contribution in [0.3, 0.4) is 0 Å². The highest BCUT2D eigenvalue weighted by molar-refractivity contribution is 5.73. The molecule has 0 aromatic carbocycles. The molecule has 0 saturated carbocycles. The minimum atomic E-state index is -0.0519. The maximum Gasteiger partial charge on any atom is 0.314 e. The maximum atomic E-state index is 11.4. The van der Waals surface area contributed by atoms with Crippen LogP contribution in [0.5, 0.6) is 0 Å². The molecule has 0 aliphatic rings. The van der Waals surface area contributed by atoms with Crippen molar-refractivity contribution < 1.29 is 9.36 Å². The van der Waals surface area contributed by atoms with Crippen LogP contribution in [0, 0.1) is 0 Å². The Kier molecular flexibility index (Phi) is 8.51. The van der Waals surface area contributed by atoms with E-state index in [9.17, 15) is 4.79 Å². The Morgan fingerprint density at radius 3 is 2.50 bits per heavy atom. The lowest BCUT2D eigenvalue weighted by Crippen LogP contribution is -2.38. The van der Waals surface area contributed by atoms with E-state index in [0.29, 0.717) is 6.54 Å². The number of amides is 2. The molecule has 0 aliphatic carbocycles. The van der Waals surface area contributed by atoms with Gasteiger partial charge in [0.15, 0.2) is 0 Å². The summed E-state index contributed by atoms with van der Waals surface area (Å²) >= 11 is 0. The Balaban J connectivity index is 2.08. The molecule has 0 aliphatic heterocycles. The van der Waals surface area contributed by atoms with Crippen LogP contribution >= 0.6 is 0 Å². The number of carbonyl (C=O) groups is 1. The molecule has 0 atom stereocenters. The standard InChI is InChI=1S/C15H28N4O/c1-3-5-8-16-15(20)17-9-7-11-19-13-12-18(14-19)10-6-4-2/h12-14H,3-11H2,1-2H3,(H-,16,17,20)/p+1. The third kappa shape index (κ3) is 7.16. The number of aryl methyl sites for hydroxylation is 2. The largest absolute Gasteiger partial charge is 0.338 e. The van der Waals surface area contributed by atoms with E-state index in [2.05, 4.69) is 52.3 Å². The fourth-order valence-electron chi connectivity index (χ4n) is 1.95. The van der Waals surface area contributed by atoms with Gasteiger partial charge in [0.1, 0.15) is 12.4 Å². The number of nitrogens with zero attached hydrogens (tertiary/aromatic N) is 2. The summed E-state index contributed by atoms with van der Waals surface area (Å²) in [6, 6.07) is -0.0519. The Bertz CT molecular complexity index is 376. The van der Waals surface area contributed by atoms with Crippen LogP contribution in [0.15, 0.2) is 18.7 Å². The van der Waals surface area contributed by atoms with Crippen molar-refractivity contribution >= 4 is 6.03 Å². The molecule has 0 saturated heterocycles. The molecular formula is C15H29N4O+. The topological polar surface area (TPSA) is 49.9 Å². The van der Waals surface area contributed by atoms with Gasteiger partial charge < -0.3 is 10.6 Å². The van der Waals surface area contributed by atoms with Crippen molar-refractivity contribution in [1.82, 2.24) is 15.2 Å². The molecule has 1 aromatic rings. The van der Waals surface area contributed by atoms with Crippen molar-refractivity contribution in [2.45, 2.75) is 59.0 Å². The lowest BCUT2D eigenvalue weighted by Gasteiger charge is -2.06. The highest BCUT2D eigenvalue weighted by Crippen LogP contribution is 1.93. The van der Waals surface area contributed by atoms with Gasteiger partial charge in [-0.05, 0) is 12.8 Å². The van der Waals surface area contributed by atoms with Gasteiger partial charge in [-0.15, -0.1) is 0 Å². The molecule has 1 rings (SSSR count). The molecule has 114 valence electrons. The van der Waals surface area contributed by atoms with Crippen LogP contribution in [0.2, 0.25) is 0 Å². The van der Waals surface area contributed by atoms with E-state index in [-0.39, 0.29) is 6.03 Å². The van der Waals surface area contributed by atoms with E-state index < -0.39 is 0 Å². The number of aromatic nitrogens is 2. The van der Waals surface area contributed by atoms with Gasteiger partial charge in [0.25, 0.3) is 0 Å². The minimum Gasteiger partial charge on any atom is -0.338 e. The maximum absolute atomic E-state index is 11.4. The lowest BCUT2D eigenvalue weighted by molar-refractivity contribution is -0.696. The Hall–Kier alpha value is -1.52. The first-order valence-electron chi connectivity index (χ1n) is 7.82. The predicted molar refractivity (Wildman–Crippen MR) is 80.5 cm³/mol. The summed E-state index contributed by atoms with van der Waals surface area (Å²) in [7, 11) is 0. The number of urea groups is 1. The second-order valence-electron chi connectivity index (χ2n) is 5.13. The van der Waals surface area contributed by atoms with Crippen molar-refractivity contribution in [3.63, 3.8) is 0 Å². The Morgan fingerprint density at radius 1 is 1.10 bits per heavy atom. The van der Waals surface area contributed by atoms with E-state index in [1.54, 1.807) is 0 Å². The molecule has 20 heavy (non-hydrogen) atoms. The molecule has 2 N–H and O–H groups in total. The van der Waals surface area contributed by atoms with E-state index in [1.165, 1.54) is 12.8 Å². The van der Waals surface area contributed by atoms with Crippen LogP contribution in [-0.4, -0.2) is 23.7 Å². The quantitative estimate of drug-likeness (QED) is 0.500. The van der Waals surface area contributed by atoms with Gasteiger partial charge in [0.05, 0.1) is 13.1 Å². The Labute approximate surface area is 122 Å². The summed E-state index contributed by atoms with van der Waals surface area (Å²) in [5, 5.41) is 5.73. The number of hydrogen-bond acceptors (Lipinski definition) is 1. The zero-order chi connectivity index (χ0) is 14.6. The van der Waals surface area contributed by atoms with Crippen molar-refractivity contribution in [2.24, 2.45) is 0 Å². The molecule has 0 bridgehead atoms.